The summed E-state index contributed by atoms with van der Waals surface area (Å²) in [5.74, 6) is 1.63. The van der Waals surface area contributed by atoms with Crippen LogP contribution < -0.4 is 9.47 Å². The molecule has 0 fully saturated rings. The maximum atomic E-state index is 10.8. The van der Waals surface area contributed by atoms with E-state index in [2.05, 4.69) is 64.1 Å². The standard InChI is InChI=1S/C28H32O4/c1-20-15-26(31-14-13-28(3,4)30-5)16-21(2)27(20)24-8-6-7-23(17-24)19-32-25-11-9-22(18-29)10-12-25/h6-12,15-18H,13-14,19H2,1-5H3. The zero-order valence-corrected chi connectivity index (χ0v) is 19.6. The molecule has 4 nitrogen and oxygen atoms in total. The van der Waals surface area contributed by atoms with Gasteiger partial charge in [0.2, 0.25) is 0 Å². The number of benzene rings is 3. The van der Waals surface area contributed by atoms with Gasteiger partial charge in [-0.25, -0.2) is 0 Å². The lowest BCUT2D eigenvalue weighted by atomic mass is 9.94. The van der Waals surface area contributed by atoms with E-state index in [1.807, 2.05) is 12.1 Å². The third-order valence-corrected chi connectivity index (χ3v) is 5.67. The number of carbonyl (C=O) groups excluding carboxylic acids is 1. The summed E-state index contributed by atoms with van der Waals surface area (Å²) in [5.41, 5.74) is 6.25. The molecule has 0 aliphatic heterocycles. The van der Waals surface area contributed by atoms with Gasteiger partial charge in [-0.3, -0.25) is 4.79 Å². The SMILES string of the molecule is COC(C)(C)CCOc1cc(C)c(-c2cccc(COc3ccc(C=O)cc3)c2)c(C)c1. The highest BCUT2D eigenvalue weighted by Crippen LogP contribution is 2.32. The van der Waals surface area contributed by atoms with Crippen molar-refractivity contribution in [3.8, 4) is 22.6 Å². The van der Waals surface area contributed by atoms with Crippen molar-refractivity contribution in [2.45, 2.75) is 46.3 Å². The van der Waals surface area contributed by atoms with Crippen LogP contribution in [0.15, 0.2) is 60.7 Å². The van der Waals surface area contributed by atoms with Crippen molar-refractivity contribution >= 4 is 6.29 Å². The number of ether oxygens (including phenoxy) is 3. The summed E-state index contributed by atoms with van der Waals surface area (Å²) < 4.78 is 17.4. The lowest BCUT2D eigenvalue weighted by Crippen LogP contribution is -2.25. The van der Waals surface area contributed by atoms with Crippen molar-refractivity contribution in [1.29, 1.82) is 0 Å². The summed E-state index contributed by atoms with van der Waals surface area (Å²) in [6.45, 7) is 9.43. The molecule has 0 saturated carbocycles. The second kappa shape index (κ2) is 10.5. The summed E-state index contributed by atoms with van der Waals surface area (Å²) in [6.07, 6.45) is 1.65. The molecule has 0 bridgehead atoms. The third kappa shape index (κ3) is 6.21. The maximum Gasteiger partial charge on any atom is 0.150 e. The Labute approximate surface area is 191 Å². The molecule has 0 aliphatic carbocycles. The summed E-state index contributed by atoms with van der Waals surface area (Å²) in [6, 6.07) is 19.7. The topological polar surface area (TPSA) is 44.8 Å². The van der Waals surface area contributed by atoms with Crippen LogP contribution in [0.2, 0.25) is 0 Å². The zero-order valence-electron chi connectivity index (χ0n) is 19.6. The molecule has 0 amide bonds. The van der Waals surface area contributed by atoms with Crippen LogP contribution in [0.25, 0.3) is 11.1 Å². The van der Waals surface area contributed by atoms with E-state index < -0.39 is 0 Å². The van der Waals surface area contributed by atoms with Crippen molar-refractivity contribution < 1.29 is 19.0 Å². The van der Waals surface area contributed by atoms with Crippen molar-refractivity contribution in [3.63, 3.8) is 0 Å². The molecule has 0 N–H and O–H groups in total. The first kappa shape index (κ1) is 23.6. The van der Waals surface area contributed by atoms with Crippen LogP contribution in [-0.2, 0) is 11.3 Å². The van der Waals surface area contributed by atoms with Crippen LogP contribution in [0, 0.1) is 13.8 Å². The lowest BCUT2D eigenvalue weighted by Gasteiger charge is -2.23. The van der Waals surface area contributed by atoms with E-state index in [4.69, 9.17) is 14.2 Å². The van der Waals surface area contributed by atoms with Crippen LogP contribution in [-0.4, -0.2) is 25.6 Å². The van der Waals surface area contributed by atoms with E-state index in [9.17, 15) is 4.79 Å². The number of hydrogen-bond acceptors (Lipinski definition) is 4. The molecule has 0 spiro atoms. The smallest absolute Gasteiger partial charge is 0.150 e. The van der Waals surface area contributed by atoms with Gasteiger partial charge in [-0.15, -0.1) is 0 Å². The monoisotopic (exact) mass is 432 g/mol. The van der Waals surface area contributed by atoms with Gasteiger partial charge < -0.3 is 14.2 Å². The summed E-state index contributed by atoms with van der Waals surface area (Å²) in [5, 5.41) is 0. The van der Waals surface area contributed by atoms with Crippen LogP contribution in [0.1, 0.15) is 47.3 Å². The van der Waals surface area contributed by atoms with Gasteiger partial charge in [-0.2, -0.15) is 0 Å². The molecule has 0 atom stereocenters. The Morgan fingerprint density at radius 1 is 0.875 bits per heavy atom. The van der Waals surface area contributed by atoms with Gasteiger partial charge in [0.05, 0.1) is 12.2 Å². The van der Waals surface area contributed by atoms with Crippen LogP contribution in [0.3, 0.4) is 0 Å². The number of rotatable bonds is 10. The number of carbonyl (C=O) groups is 1. The van der Waals surface area contributed by atoms with Gasteiger partial charge in [-0.1, -0.05) is 18.2 Å². The number of hydrogen-bond donors (Lipinski definition) is 0. The molecule has 0 saturated heterocycles. The maximum absolute atomic E-state index is 10.8. The van der Waals surface area contributed by atoms with E-state index in [0.29, 0.717) is 18.8 Å². The van der Waals surface area contributed by atoms with Gasteiger partial charge in [-0.05, 0) is 98.0 Å². The molecule has 0 unspecified atom stereocenters. The number of aryl methyl sites for hydroxylation is 2. The minimum Gasteiger partial charge on any atom is -0.493 e. The molecule has 0 radical (unpaired) electrons. The Balaban J connectivity index is 1.71. The number of methoxy groups -OCH3 is 1. The molecule has 0 aromatic heterocycles. The summed E-state index contributed by atoms with van der Waals surface area (Å²) in [4.78, 5) is 10.8. The Morgan fingerprint density at radius 3 is 2.19 bits per heavy atom. The molecule has 4 heteroatoms. The third-order valence-electron chi connectivity index (χ3n) is 5.67. The van der Waals surface area contributed by atoms with Crippen molar-refractivity contribution in [2.24, 2.45) is 0 Å². The predicted octanol–water partition coefficient (Wildman–Crippen LogP) is 6.56. The average Bonchev–Trinajstić information content (AvgIpc) is 2.78. The van der Waals surface area contributed by atoms with E-state index in [1.54, 1.807) is 19.2 Å². The van der Waals surface area contributed by atoms with Gasteiger partial charge >= 0.3 is 0 Å². The van der Waals surface area contributed by atoms with Crippen LogP contribution in [0.4, 0.5) is 0 Å². The fraction of sp³-hybridized carbons (Fsp3) is 0.321. The fourth-order valence-corrected chi connectivity index (χ4v) is 3.61. The molecule has 0 aliphatic rings. The highest BCUT2D eigenvalue weighted by atomic mass is 16.5. The van der Waals surface area contributed by atoms with E-state index in [-0.39, 0.29) is 5.60 Å². The molecule has 0 heterocycles. The van der Waals surface area contributed by atoms with Crippen molar-refractivity contribution in [2.75, 3.05) is 13.7 Å². The second-order valence-corrected chi connectivity index (χ2v) is 8.67. The Kier molecular flexibility index (Phi) is 7.70. The molecular weight excluding hydrogens is 400 g/mol. The first-order chi connectivity index (χ1) is 15.3. The fourth-order valence-electron chi connectivity index (χ4n) is 3.61. The van der Waals surface area contributed by atoms with Crippen molar-refractivity contribution in [1.82, 2.24) is 0 Å². The highest BCUT2D eigenvalue weighted by molar-refractivity contribution is 5.75. The number of aldehydes is 1. The molecular formula is C28H32O4. The zero-order chi connectivity index (χ0) is 23.1. The van der Waals surface area contributed by atoms with Crippen LogP contribution >= 0.6 is 0 Å². The van der Waals surface area contributed by atoms with Gasteiger partial charge in [0, 0.05) is 19.1 Å². The summed E-state index contributed by atoms with van der Waals surface area (Å²) >= 11 is 0. The summed E-state index contributed by atoms with van der Waals surface area (Å²) in [7, 11) is 1.73. The average molecular weight is 433 g/mol. The minimum absolute atomic E-state index is 0.191. The Hall–Kier alpha value is -3.11. The van der Waals surface area contributed by atoms with Gasteiger partial charge in [0.1, 0.15) is 24.4 Å². The first-order valence-corrected chi connectivity index (χ1v) is 10.9. The minimum atomic E-state index is -0.191. The lowest BCUT2D eigenvalue weighted by molar-refractivity contribution is 0.00545. The van der Waals surface area contributed by atoms with Gasteiger partial charge in [0.25, 0.3) is 0 Å². The van der Waals surface area contributed by atoms with Crippen molar-refractivity contribution in [3.05, 3.63) is 82.9 Å². The van der Waals surface area contributed by atoms with E-state index in [0.717, 1.165) is 35.3 Å². The largest absolute Gasteiger partial charge is 0.493 e. The van der Waals surface area contributed by atoms with Crippen LogP contribution in [0.5, 0.6) is 11.5 Å². The molecule has 3 rings (SSSR count). The molecule has 3 aromatic carbocycles. The normalized spacial score (nSPS) is 11.3. The highest BCUT2D eigenvalue weighted by Gasteiger charge is 2.16. The molecule has 3 aromatic rings. The molecule has 32 heavy (non-hydrogen) atoms. The van der Waals surface area contributed by atoms with Gasteiger partial charge in [0.15, 0.2) is 0 Å². The van der Waals surface area contributed by atoms with E-state index >= 15 is 0 Å². The Morgan fingerprint density at radius 2 is 1.56 bits per heavy atom. The van der Waals surface area contributed by atoms with E-state index in [1.165, 1.54) is 16.7 Å². The quantitative estimate of drug-likeness (QED) is 0.341. The molecule has 168 valence electrons. The predicted molar refractivity (Wildman–Crippen MR) is 129 cm³/mol. The second-order valence-electron chi connectivity index (χ2n) is 8.67. The Bertz CT molecular complexity index is 1030. The first-order valence-electron chi connectivity index (χ1n) is 10.9.